The van der Waals surface area contributed by atoms with E-state index >= 15 is 0 Å². The molecule has 1 aromatic heterocycles. The molecule has 0 atom stereocenters. The number of ether oxygens (including phenoxy) is 1. The Morgan fingerprint density at radius 2 is 2.27 bits per heavy atom. The van der Waals surface area contributed by atoms with Crippen LogP contribution in [0.25, 0.3) is 10.9 Å². The Hall–Kier alpha value is -1.68. The van der Waals surface area contributed by atoms with Crippen molar-refractivity contribution >= 4 is 28.5 Å². The fraction of sp³-hybridized carbons (Fsp3) is 0.100. The average molecular weight is 226 g/mol. The molecule has 2 aromatic rings. The predicted molar refractivity (Wildman–Crippen MR) is 56.8 cm³/mol. The summed E-state index contributed by atoms with van der Waals surface area (Å²) in [7, 11) is 1.51. The monoisotopic (exact) mass is 225 g/mol. The van der Waals surface area contributed by atoms with E-state index in [1.54, 1.807) is 12.1 Å². The molecule has 0 aliphatic rings. The number of carboxylic acids is 1. The first-order valence-corrected chi connectivity index (χ1v) is 4.60. The second kappa shape index (κ2) is 3.47. The first kappa shape index (κ1) is 9.86. The zero-order valence-electron chi connectivity index (χ0n) is 7.87. The van der Waals surface area contributed by atoms with Crippen LogP contribution in [-0.4, -0.2) is 23.2 Å². The normalized spacial score (nSPS) is 10.5. The Kier molecular flexibility index (Phi) is 2.28. The lowest BCUT2D eigenvalue weighted by Crippen LogP contribution is -1.94. The van der Waals surface area contributed by atoms with Gasteiger partial charge in [0.1, 0.15) is 11.4 Å². The van der Waals surface area contributed by atoms with E-state index in [-0.39, 0.29) is 5.69 Å². The second-order valence-corrected chi connectivity index (χ2v) is 3.41. The van der Waals surface area contributed by atoms with Gasteiger partial charge in [-0.1, -0.05) is 11.6 Å². The highest BCUT2D eigenvalue weighted by molar-refractivity contribution is 6.37. The van der Waals surface area contributed by atoms with E-state index < -0.39 is 5.97 Å². The van der Waals surface area contributed by atoms with Crippen LogP contribution >= 0.6 is 11.6 Å². The van der Waals surface area contributed by atoms with Gasteiger partial charge in [-0.25, -0.2) is 4.79 Å². The number of H-pyrrole nitrogens is 1. The molecule has 4 nitrogen and oxygen atoms in total. The van der Waals surface area contributed by atoms with Crippen molar-refractivity contribution in [2.75, 3.05) is 7.11 Å². The van der Waals surface area contributed by atoms with Crippen molar-refractivity contribution in [3.8, 4) is 5.75 Å². The van der Waals surface area contributed by atoms with Crippen LogP contribution in [-0.2, 0) is 0 Å². The van der Waals surface area contributed by atoms with E-state index in [2.05, 4.69) is 4.98 Å². The van der Waals surface area contributed by atoms with Crippen molar-refractivity contribution in [1.29, 1.82) is 0 Å². The first-order chi connectivity index (χ1) is 7.13. The summed E-state index contributed by atoms with van der Waals surface area (Å²) in [5.41, 5.74) is 0.790. The molecule has 1 aromatic carbocycles. The number of aromatic nitrogens is 1. The summed E-state index contributed by atoms with van der Waals surface area (Å²) in [6, 6.07) is 4.90. The van der Waals surface area contributed by atoms with Gasteiger partial charge >= 0.3 is 5.97 Å². The maximum atomic E-state index is 10.7. The highest BCUT2D eigenvalue weighted by Crippen LogP contribution is 2.32. The molecule has 0 radical (unpaired) electrons. The van der Waals surface area contributed by atoms with Gasteiger partial charge in [0.2, 0.25) is 0 Å². The molecule has 0 unspecified atom stereocenters. The number of benzene rings is 1. The van der Waals surface area contributed by atoms with E-state index in [9.17, 15) is 4.79 Å². The largest absolute Gasteiger partial charge is 0.495 e. The van der Waals surface area contributed by atoms with Crippen LogP contribution in [0.3, 0.4) is 0 Å². The van der Waals surface area contributed by atoms with Gasteiger partial charge in [-0.3, -0.25) is 0 Å². The number of rotatable bonds is 2. The van der Waals surface area contributed by atoms with E-state index in [4.69, 9.17) is 21.4 Å². The van der Waals surface area contributed by atoms with Gasteiger partial charge in [-0.05, 0) is 18.2 Å². The topological polar surface area (TPSA) is 62.3 Å². The molecule has 0 spiro atoms. The van der Waals surface area contributed by atoms with Crippen molar-refractivity contribution in [2.45, 2.75) is 0 Å². The molecule has 0 aliphatic heterocycles. The van der Waals surface area contributed by atoms with Crippen molar-refractivity contribution in [2.24, 2.45) is 0 Å². The van der Waals surface area contributed by atoms with Crippen LogP contribution in [0.1, 0.15) is 10.5 Å². The quantitative estimate of drug-likeness (QED) is 0.826. The van der Waals surface area contributed by atoms with E-state index in [1.165, 1.54) is 13.2 Å². The molecule has 0 amide bonds. The third-order valence-electron chi connectivity index (χ3n) is 2.15. The summed E-state index contributed by atoms with van der Waals surface area (Å²) in [5.74, 6) is -0.485. The number of hydrogen-bond donors (Lipinski definition) is 2. The van der Waals surface area contributed by atoms with Crippen LogP contribution in [0.15, 0.2) is 18.2 Å². The second-order valence-electron chi connectivity index (χ2n) is 3.03. The molecule has 2 N–H and O–H groups in total. The number of aromatic carboxylic acids is 1. The summed E-state index contributed by atoms with van der Waals surface area (Å²) in [4.78, 5) is 13.5. The number of methoxy groups -OCH3 is 1. The molecule has 0 fully saturated rings. The molecule has 15 heavy (non-hydrogen) atoms. The van der Waals surface area contributed by atoms with Crippen LogP contribution in [0.4, 0.5) is 0 Å². The molecule has 0 saturated carbocycles. The van der Waals surface area contributed by atoms with Gasteiger partial charge < -0.3 is 14.8 Å². The molecule has 2 rings (SSSR count). The molecule has 0 saturated heterocycles. The van der Waals surface area contributed by atoms with E-state index in [1.807, 2.05) is 0 Å². The Labute approximate surface area is 90.4 Å². The third kappa shape index (κ3) is 1.53. The summed E-state index contributed by atoms with van der Waals surface area (Å²) in [6.07, 6.45) is 0. The van der Waals surface area contributed by atoms with Crippen LogP contribution in [0.5, 0.6) is 5.75 Å². The summed E-state index contributed by atoms with van der Waals surface area (Å²) in [5, 5.41) is 9.86. The highest BCUT2D eigenvalue weighted by atomic mass is 35.5. The fourth-order valence-corrected chi connectivity index (χ4v) is 1.72. The summed E-state index contributed by atoms with van der Waals surface area (Å²) >= 11 is 6.02. The molecule has 0 aliphatic carbocycles. The van der Waals surface area contributed by atoms with Gasteiger partial charge in [-0.15, -0.1) is 0 Å². The lowest BCUT2D eigenvalue weighted by atomic mass is 10.2. The van der Waals surface area contributed by atoms with Gasteiger partial charge in [0, 0.05) is 10.9 Å². The number of aromatic amines is 1. The Morgan fingerprint density at radius 3 is 2.87 bits per heavy atom. The molecule has 1 heterocycles. The van der Waals surface area contributed by atoms with Crippen molar-refractivity contribution in [3.63, 3.8) is 0 Å². The molecule has 0 bridgehead atoms. The minimum atomic E-state index is -1.01. The van der Waals surface area contributed by atoms with Gasteiger partial charge in [0.15, 0.2) is 0 Å². The zero-order valence-corrected chi connectivity index (χ0v) is 8.63. The maximum Gasteiger partial charge on any atom is 0.352 e. The molecule has 5 heteroatoms. The van der Waals surface area contributed by atoms with Gasteiger partial charge in [-0.2, -0.15) is 0 Å². The van der Waals surface area contributed by atoms with Crippen molar-refractivity contribution < 1.29 is 14.6 Å². The SMILES string of the molecule is COc1ccc2[nH]c(C(=O)O)cc2c1Cl. The minimum absolute atomic E-state index is 0.111. The van der Waals surface area contributed by atoms with E-state index in [0.29, 0.717) is 21.7 Å². The van der Waals surface area contributed by atoms with E-state index in [0.717, 1.165) is 0 Å². The lowest BCUT2D eigenvalue weighted by Gasteiger charge is -2.02. The highest BCUT2D eigenvalue weighted by Gasteiger charge is 2.12. The number of carboxylic acid groups (broad SMARTS) is 1. The number of nitrogens with one attached hydrogen (secondary N) is 1. The average Bonchev–Trinajstić information content (AvgIpc) is 2.63. The predicted octanol–water partition coefficient (Wildman–Crippen LogP) is 2.53. The Bertz CT molecular complexity index is 533. The van der Waals surface area contributed by atoms with Gasteiger partial charge in [0.05, 0.1) is 12.1 Å². The van der Waals surface area contributed by atoms with Crippen LogP contribution < -0.4 is 4.74 Å². The Morgan fingerprint density at radius 1 is 1.53 bits per heavy atom. The molecule has 78 valence electrons. The standard InChI is InChI=1S/C10H8ClNO3/c1-15-8-3-2-6-5(9(8)11)4-7(12-6)10(13)14/h2-4,12H,1H3,(H,13,14). The number of hydrogen-bond acceptors (Lipinski definition) is 2. The lowest BCUT2D eigenvalue weighted by molar-refractivity contribution is 0.0691. The van der Waals surface area contributed by atoms with Crippen LogP contribution in [0, 0.1) is 0 Å². The van der Waals surface area contributed by atoms with Gasteiger partial charge in [0.25, 0.3) is 0 Å². The fourth-order valence-electron chi connectivity index (χ4n) is 1.42. The van der Waals surface area contributed by atoms with Crippen LogP contribution in [0.2, 0.25) is 5.02 Å². The Balaban J connectivity index is 2.71. The zero-order chi connectivity index (χ0) is 11.0. The molecular weight excluding hydrogens is 218 g/mol. The summed E-state index contributed by atoms with van der Waals surface area (Å²) in [6.45, 7) is 0. The minimum Gasteiger partial charge on any atom is -0.495 e. The molecular formula is C10H8ClNO3. The number of carbonyl (C=O) groups is 1. The number of halogens is 1. The number of fused-ring (bicyclic) bond motifs is 1. The first-order valence-electron chi connectivity index (χ1n) is 4.22. The van der Waals surface area contributed by atoms with Crippen molar-refractivity contribution in [1.82, 2.24) is 4.98 Å². The third-order valence-corrected chi connectivity index (χ3v) is 2.54. The maximum absolute atomic E-state index is 10.7. The van der Waals surface area contributed by atoms with Crippen molar-refractivity contribution in [3.05, 3.63) is 28.9 Å². The summed E-state index contributed by atoms with van der Waals surface area (Å²) < 4.78 is 5.03. The smallest absolute Gasteiger partial charge is 0.352 e.